The third-order valence-corrected chi connectivity index (χ3v) is 1.77. The summed E-state index contributed by atoms with van der Waals surface area (Å²) in [7, 11) is 0. The molecule has 1 amide bonds. The first-order valence-corrected chi connectivity index (χ1v) is 6.01. The third-order valence-electron chi connectivity index (χ3n) is 1.77. The molecule has 0 bridgehead atoms. The van der Waals surface area contributed by atoms with Crippen LogP contribution in [0, 0.1) is 12.8 Å². The summed E-state index contributed by atoms with van der Waals surface area (Å²) in [6.07, 6.45) is 7.80. The van der Waals surface area contributed by atoms with Crippen molar-refractivity contribution in [3.63, 3.8) is 0 Å². The maximum absolute atomic E-state index is 11.5. The fraction of sp³-hybridized carbons (Fsp3) is 0.769. The van der Waals surface area contributed by atoms with Crippen molar-refractivity contribution >= 4 is 6.09 Å². The number of carbonyl (C=O) groups excluding carboxylic acids is 1. The lowest BCUT2D eigenvalue weighted by Gasteiger charge is -2.30. The zero-order valence-corrected chi connectivity index (χ0v) is 11.7. The van der Waals surface area contributed by atoms with Gasteiger partial charge in [0.1, 0.15) is 5.60 Å². The molecule has 1 saturated heterocycles. The number of nitrogens with zero attached hydrogens (tertiary/aromatic N) is 1. The maximum atomic E-state index is 11.5. The molecule has 0 spiro atoms. The molecule has 17 heavy (non-hydrogen) atoms. The van der Waals surface area contributed by atoms with E-state index < -0.39 is 0 Å². The average molecular weight is 242 g/mol. The van der Waals surface area contributed by atoms with Gasteiger partial charge in [-0.05, 0) is 20.8 Å². The molecule has 1 aliphatic rings. The molecule has 0 unspecified atom stereocenters. The van der Waals surface area contributed by atoms with E-state index >= 15 is 0 Å². The second-order valence-corrected chi connectivity index (χ2v) is 4.22. The van der Waals surface area contributed by atoms with Gasteiger partial charge in [0.15, 0.2) is 0 Å². The van der Waals surface area contributed by atoms with Gasteiger partial charge in [0.05, 0.1) is 0 Å². The minimum Gasteiger partial charge on any atom is -0.444 e. The molecule has 1 aliphatic heterocycles. The van der Waals surface area contributed by atoms with Gasteiger partial charge in [0.2, 0.25) is 0 Å². The van der Waals surface area contributed by atoms with E-state index in [1.54, 1.807) is 4.90 Å². The maximum Gasteiger partial charge on any atom is 0.410 e. The van der Waals surface area contributed by atoms with E-state index in [0.717, 1.165) is 26.2 Å². The van der Waals surface area contributed by atoms with Gasteiger partial charge in [0.25, 0.3) is 0 Å². The van der Waals surface area contributed by atoms with E-state index in [1.807, 2.05) is 34.6 Å². The van der Waals surface area contributed by atoms with Gasteiger partial charge < -0.3 is 15.0 Å². The second-order valence-electron chi connectivity index (χ2n) is 4.22. The predicted molar refractivity (Wildman–Crippen MR) is 71.9 cm³/mol. The van der Waals surface area contributed by atoms with Crippen LogP contribution in [0.3, 0.4) is 0 Å². The number of nitrogens with one attached hydrogen (secondary N) is 1. The Morgan fingerprint density at radius 3 is 1.94 bits per heavy atom. The number of terminal acetylenes is 1. The highest BCUT2D eigenvalue weighted by Gasteiger charge is 2.22. The molecule has 100 valence electrons. The van der Waals surface area contributed by atoms with Crippen LogP contribution in [-0.4, -0.2) is 42.8 Å². The SMILES string of the molecule is C#C.CC.CC(C)(C)OC(=O)N1CCNCC1. The van der Waals surface area contributed by atoms with Crippen molar-refractivity contribution in [2.45, 2.75) is 40.2 Å². The van der Waals surface area contributed by atoms with E-state index in [4.69, 9.17) is 4.74 Å². The summed E-state index contributed by atoms with van der Waals surface area (Å²) in [4.78, 5) is 13.2. The number of piperazine rings is 1. The Bertz CT molecular complexity index is 213. The Kier molecular flexibility index (Phi) is 10.7. The van der Waals surface area contributed by atoms with E-state index in [1.165, 1.54) is 0 Å². The molecule has 4 nitrogen and oxygen atoms in total. The van der Waals surface area contributed by atoms with Gasteiger partial charge in [-0.25, -0.2) is 4.79 Å². The molecule has 1 heterocycles. The molecule has 0 radical (unpaired) electrons. The molecule has 1 rings (SSSR count). The van der Waals surface area contributed by atoms with Gasteiger partial charge in [-0.1, -0.05) is 13.8 Å². The Labute approximate surface area is 106 Å². The van der Waals surface area contributed by atoms with Crippen molar-refractivity contribution in [1.29, 1.82) is 0 Å². The summed E-state index contributed by atoms with van der Waals surface area (Å²) < 4.78 is 5.24. The van der Waals surface area contributed by atoms with Crippen LogP contribution < -0.4 is 5.32 Å². The minimum atomic E-state index is -0.387. The van der Waals surface area contributed by atoms with Crippen LogP contribution in [0.1, 0.15) is 34.6 Å². The van der Waals surface area contributed by atoms with Crippen LogP contribution >= 0.6 is 0 Å². The van der Waals surface area contributed by atoms with Crippen LogP contribution in [0.2, 0.25) is 0 Å². The van der Waals surface area contributed by atoms with E-state index in [-0.39, 0.29) is 11.7 Å². The fourth-order valence-electron chi connectivity index (χ4n) is 1.17. The van der Waals surface area contributed by atoms with Crippen molar-refractivity contribution in [3.8, 4) is 12.8 Å². The second kappa shape index (κ2) is 9.98. The largest absolute Gasteiger partial charge is 0.444 e. The smallest absolute Gasteiger partial charge is 0.410 e. The summed E-state index contributed by atoms with van der Waals surface area (Å²) in [6.45, 7) is 12.9. The molecule has 0 aliphatic carbocycles. The number of hydrogen-bond donors (Lipinski definition) is 1. The highest BCUT2D eigenvalue weighted by Crippen LogP contribution is 2.09. The highest BCUT2D eigenvalue weighted by atomic mass is 16.6. The number of rotatable bonds is 0. The zero-order valence-electron chi connectivity index (χ0n) is 11.7. The summed E-state index contributed by atoms with van der Waals surface area (Å²) >= 11 is 0. The molecular formula is C13H26N2O2. The Morgan fingerprint density at radius 1 is 1.18 bits per heavy atom. The summed E-state index contributed by atoms with van der Waals surface area (Å²) in [5.41, 5.74) is -0.387. The van der Waals surface area contributed by atoms with Gasteiger partial charge in [0, 0.05) is 26.2 Å². The molecule has 0 aromatic carbocycles. The van der Waals surface area contributed by atoms with Crippen LogP contribution in [0.5, 0.6) is 0 Å². The molecular weight excluding hydrogens is 216 g/mol. The van der Waals surface area contributed by atoms with Crippen molar-refractivity contribution < 1.29 is 9.53 Å². The normalized spacial score (nSPS) is 14.6. The zero-order chi connectivity index (χ0) is 13.9. The highest BCUT2D eigenvalue weighted by molar-refractivity contribution is 5.68. The van der Waals surface area contributed by atoms with Crippen LogP contribution in [0.25, 0.3) is 0 Å². The Hall–Kier alpha value is -1.21. The Morgan fingerprint density at radius 2 is 1.59 bits per heavy atom. The molecule has 0 saturated carbocycles. The van der Waals surface area contributed by atoms with Gasteiger partial charge in [-0.2, -0.15) is 0 Å². The Balaban J connectivity index is 0. The number of carbonyl (C=O) groups is 1. The average Bonchev–Trinajstić information content (AvgIpc) is 2.33. The van der Waals surface area contributed by atoms with Crippen molar-refractivity contribution in [1.82, 2.24) is 10.2 Å². The third kappa shape index (κ3) is 9.70. The molecule has 0 aromatic heterocycles. The first kappa shape index (κ1) is 18.2. The van der Waals surface area contributed by atoms with E-state index in [9.17, 15) is 4.79 Å². The van der Waals surface area contributed by atoms with Crippen molar-refractivity contribution in [3.05, 3.63) is 0 Å². The summed E-state index contributed by atoms with van der Waals surface area (Å²) in [5.74, 6) is 0. The quantitative estimate of drug-likeness (QED) is 0.661. The van der Waals surface area contributed by atoms with Gasteiger partial charge in [-0.3, -0.25) is 0 Å². The lowest BCUT2D eigenvalue weighted by Crippen LogP contribution is -2.48. The molecule has 0 atom stereocenters. The fourth-order valence-corrected chi connectivity index (χ4v) is 1.17. The van der Waals surface area contributed by atoms with Crippen LogP contribution in [-0.2, 0) is 4.74 Å². The monoisotopic (exact) mass is 242 g/mol. The standard InChI is InChI=1S/C9H18N2O2.C2H6.C2H2/c1-9(2,3)13-8(12)11-6-4-10-5-7-11;2*1-2/h10H,4-7H2,1-3H3;1-2H3;1-2H. The van der Waals surface area contributed by atoms with E-state index in [0.29, 0.717) is 0 Å². The minimum absolute atomic E-state index is 0.200. The number of hydrogen-bond acceptors (Lipinski definition) is 3. The van der Waals surface area contributed by atoms with Crippen LogP contribution in [0.15, 0.2) is 0 Å². The van der Waals surface area contributed by atoms with Crippen molar-refractivity contribution in [2.24, 2.45) is 0 Å². The molecule has 1 N–H and O–H groups in total. The van der Waals surface area contributed by atoms with Crippen LogP contribution in [0.4, 0.5) is 4.79 Å². The summed E-state index contributed by atoms with van der Waals surface area (Å²) in [6, 6.07) is 0. The van der Waals surface area contributed by atoms with E-state index in [2.05, 4.69) is 18.2 Å². The molecule has 0 aromatic rings. The van der Waals surface area contributed by atoms with Crippen molar-refractivity contribution in [2.75, 3.05) is 26.2 Å². The van der Waals surface area contributed by atoms with Gasteiger partial charge >= 0.3 is 6.09 Å². The molecule has 1 fully saturated rings. The predicted octanol–water partition coefficient (Wildman–Crippen LogP) is 2.10. The lowest BCUT2D eigenvalue weighted by atomic mass is 10.2. The summed E-state index contributed by atoms with van der Waals surface area (Å²) in [5, 5.41) is 3.18. The first-order chi connectivity index (χ1) is 7.99. The first-order valence-electron chi connectivity index (χ1n) is 6.01. The molecule has 4 heteroatoms. The number of amides is 1. The number of ether oxygens (including phenoxy) is 1. The lowest BCUT2D eigenvalue weighted by molar-refractivity contribution is 0.0229. The topological polar surface area (TPSA) is 41.6 Å². The van der Waals surface area contributed by atoms with Gasteiger partial charge in [-0.15, -0.1) is 12.8 Å².